The van der Waals surface area contributed by atoms with Crippen LogP contribution in [0.25, 0.3) is 5.57 Å². The van der Waals surface area contributed by atoms with E-state index >= 15 is 0 Å². The van der Waals surface area contributed by atoms with Crippen molar-refractivity contribution in [3.05, 3.63) is 52.8 Å². The topological polar surface area (TPSA) is 49.4 Å². The maximum Gasteiger partial charge on any atom is 0.420 e. The number of hydrogen-bond donors (Lipinski definition) is 2. The molecule has 2 aromatic rings. The Morgan fingerprint density at radius 2 is 1.97 bits per heavy atom. The molecule has 2 heterocycles. The summed E-state index contributed by atoms with van der Waals surface area (Å²) in [5, 5.41) is 8.75. The lowest BCUT2D eigenvalue weighted by Gasteiger charge is -2.22. The first-order chi connectivity index (χ1) is 14.8. The zero-order valence-corrected chi connectivity index (χ0v) is 18.2. The van der Waals surface area contributed by atoms with Crippen LogP contribution >= 0.6 is 11.3 Å². The second-order valence-electron chi connectivity index (χ2n) is 7.89. The molecule has 31 heavy (non-hydrogen) atoms. The van der Waals surface area contributed by atoms with Gasteiger partial charge in [-0.15, -0.1) is 11.3 Å². The van der Waals surface area contributed by atoms with Gasteiger partial charge in [0.05, 0.1) is 17.4 Å². The number of halogens is 3. The second kappa shape index (κ2) is 8.82. The number of hydrogen-bond acceptors (Lipinski definition) is 6. The van der Waals surface area contributed by atoms with Gasteiger partial charge in [0, 0.05) is 31.7 Å². The van der Waals surface area contributed by atoms with Crippen molar-refractivity contribution >= 4 is 27.7 Å². The van der Waals surface area contributed by atoms with Gasteiger partial charge in [0.25, 0.3) is 0 Å². The smallest absolute Gasteiger partial charge is 0.420 e. The van der Waals surface area contributed by atoms with Crippen LogP contribution in [-0.2, 0) is 6.18 Å². The predicted octanol–water partition coefficient (Wildman–Crippen LogP) is 5.62. The van der Waals surface area contributed by atoms with Crippen molar-refractivity contribution in [3.8, 4) is 5.75 Å². The standard InChI is InChI=1S/C22H25F3N4OS/c1-29(2)20-10-7-14(12-26-20)18-13-31-21(28-18)27-15-8-9-19(17(11-15)22(23,24)25)30-16-5-3-4-6-16/h7-11,13,16,26H,3-6,12H2,1-2H3,(H,27,28). The average molecular weight is 451 g/mol. The summed E-state index contributed by atoms with van der Waals surface area (Å²) in [7, 11) is 3.92. The van der Waals surface area contributed by atoms with Crippen molar-refractivity contribution in [2.45, 2.75) is 38.0 Å². The van der Waals surface area contributed by atoms with Crippen LogP contribution in [0.15, 0.2) is 41.6 Å². The van der Waals surface area contributed by atoms with Crippen molar-refractivity contribution in [1.29, 1.82) is 0 Å². The summed E-state index contributed by atoms with van der Waals surface area (Å²) < 4.78 is 46.6. The van der Waals surface area contributed by atoms with Crippen LogP contribution in [0.1, 0.15) is 36.9 Å². The molecule has 1 aliphatic heterocycles. The van der Waals surface area contributed by atoms with Crippen LogP contribution in [0.5, 0.6) is 5.75 Å². The molecular weight excluding hydrogens is 425 g/mol. The van der Waals surface area contributed by atoms with E-state index in [0.717, 1.165) is 48.8 Å². The number of alkyl halides is 3. The Kier molecular flexibility index (Phi) is 6.13. The molecule has 166 valence electrons. The molecule has 1 fully saturated rings. The first-order valence-corrected chi connectivity index (χ1v) is 11.1. The molecule has 1 aromatic heterocycles. The van der Waals surface area contributed by atoms with E-state index in [1.807, 2.05) is 36.5 Å². The fourth-order valence-corrected chi connectivity index (χ4v) is 4.44. The average Bonchev–Trinajstić information content (AvgIpc) is 3.40. The largest absolute Gasteiger partial charge is 0.490 e. The van der Waals surface area contributed by atoms with Gasteiger partial charge in [-0.25, -0.2) is 4.98 Å². The Hall–Kier alpha value is -2.68. The lowest BCUT2D eigenvalue weighted by Crippen LogP contribution is -2.28. The SMILES string of the molecule is CN(C)C1=CC=C(c2csc(Nc3ccc(OC4CCCC4)c(C(F)(F)F)c3)n2)CN1. The molecular formula is C22H25F3N4OS. The molecule has 4 rings (SSSR count). The highest BCUT2D eigenvalue weighted by Crippen LogP contribution is 2.40. The number of ether oxygens (including phenoxy) is 1. The van der Waals surface area contributed by atoms with E-state index in [-0.39, 0.29) is 11.9 Å². The van der Waals surface area contributed by atoms with E-state index in [0.29, 0.717) is 17.4 Å². The van der Waals surface area contributed by atoms with Gasteiger partial charge in [0.1, 0.15) is 11.6 Å². The fraction of sp³-hybridized carbons (Fsp3) is 0.409. The molecule has 0 radical (unpaired) electrons. The van der Waals surface area contributed by atoms with Gasteiger partial charge in [-0.1, -0.05) is 6.08 Å². The van der Waals surface area contributed by atoms with Gasteiger partial charge in [-0.2, -0.15) is 13.2 Å². The minimum absolute atomic E-state index is 0.105. The molecule has 1 aliphatic carbocycles. The van der Waals surface area contributed by atoms with E-state index in [4.69, 9.17) is 4.74 Å². The first-order valence-electron chi connectivity index (χ1n) is 10.2. The summed E-state index contributed by atoms with van der Waals surface area (Å²) in [6.07, 6.45) is 2.94. The fourth-order valence-electron chi connectivity index (χ4n) is 3.69. The summed E-state index contributed by atoms with van der Waals surface area (Å²) in [5.74, 6) is 0.906. The summed E-state index contributed by atoms with van der Waals surface area (Å²) >= 11 is 1.35. The van der Waals surface area contributed by atoms with E-state index in [1.54, 1.807) is 6.07 Å². The van der Waals surface area contributed by atoms with Crippen LogP contribution in [0, 0.1) is 0 Å². The van der Waals surface area contributed by atoms with Crippen LogP contribution in [0.2, 0.25) is 0 Å². The summed E-state index contributed by atoms with van der Waals surface area (Å²) in [6, 6.07) is 4.10. The van der Waals surface area contributed by atoms with E-state index in [1.165, 1.54) is 17.4 Å². The summed E-state index contributed by atoms with van der Waals surface area (Å²) in [5.41, 5.74) is 1.39. The Morgan fingerprint density at radius 3 is 2.61 bits per heavy atom. The quantitative estimate of drug-likeness (QED) is 0.599. The Labute approximate surface area is 183 Å². The second-order valence-corrected chi connectivity index (χ2v) is 8.75. The zero-order chi connectivity index (χ0) is 22.0. The Balaban J connectivity index is 1.51. The number of thiazole rings is 1. The van der Waals surface area contributed by atoms with Crippen LogP contribution in [-0.4, -0.2) is 36.6 Å². The van der Waals surface area contributed by atoms with Crippen molar-refractivity contribution in [2.24, 2.45) is 0 Å². The molecule has 0 amide bonds. The molecule has 0 spiro atoms. The minimum Gasteiger partial charge on any atom is -0.490 e. The van der Waals surface area contributed by atoms with Gasteiger partial charge in [-0.05, 0) is 55.5 Å². The lowest BCUT2D eigenvalue weighted by molar-refractivity contribution is -0.139. The predicted molar refractivity (Wildman–Crippen MR) is 117 cm³/mol. The Morgan fingerprint density at radius 1 is 1.19 bits per heavy atom. The molecule has 1 saturated carbocycles. The van der Waals surface area contributed by atoms with E-state index in [9.17, 15) is 13.2 Å². The molecule has 9 heteroatoms. The van der Waals surface area contributed by atoms with Crippen molar-refractivity contribution in [3.63, 3.8) is 0 Å². The zero-order valence-electron chi connectivity index (χ0n) is 17.4. The highest BCUT2D eigenvalue weighted by Gasteiger charge is 2.35. The van der Waals surface area contributed by atoms with Gasteiger partial charge in [-0.3, -0.25) is 0 Å². The van der Waals surface area contributed by atoms with Gasteiger partial charge < -0.3 is 20.3 Å². The maximum atomic E-state index is 13.6. The third kappa shape index (κ3) is 5.15. The van der Waals surface area contributed by atoms with Gasteiger partial charge in [0.15, 0.2) is 5.13 Å². The van der Waals surface area contributed by atoms with E-state index in [2.05, 4.69) is 15.6 Å². The molecule has 2 aliphatic rings. The number of nitrogens with one attached hydrogen (secondary N) is 2. The molecule has 5 nitrogen and oxygen atoms in total. The Bertz CT molecular complexity index is 991. The lowest BCUT2D eigenvalue weighted by atomic mass is 10.1. The number of rotatable bonds is 6. The van der Waals surface area contributed by atoms with Gasteiger partial charge in [0.2, 0.25) is 0 Å². The molecule has 0 atom stereocenters. The highest BCUT2D eigenvalue weighted by atomic mass is 32.1. The number of anilines is 2. The number of allylic oxidation sites excluding steroid dienone is 2. The molecule has 0 saturated heterocycles. The van der Waals surface area contributed by atoms with Crippen LogP contribution in [0.4, 0.5) is 24.0 Å². The number of benzene rings is 1. The van der Waals surface area contributed by atoms with Crippen molar-refractivity contribution in [1.82, 2.24) is 15.2 Å². The first kappa shape index (κ1) is 21.5. The summed E-state index contributed by atoms with van der Waals surface area (Å²) in [6.45, 7) is 0.638. The minimum atomic E-state index is -4.49. The summed E-state index contributed by atoms with van der Waals surface area (Å²) in [4.78, 5) is 6.53. The van der Waals surface area contributed by atoms with Crippen molar-refractivity contribution in [2.75, 3.05) is 26.0 Å². The van der Waals surface area contributed by atoms with Gasteiger partial charge >= 0.3 is 6.18 Å². The third-order valence-electron chi connectivity index (χ3n) is 5.35. The number of dihydropyridines is 1. The van der Waals surface area contributed by atoms with Crippen LogP contribution in [0.3, 0.4) is 0 Å². The monoisotopic (exact) mass is 450 g/mol. The molecule has 0 unspecified atom stereocenters. The molecule has 0 bridgehead atoms. The third-order valence-corrected chi connectivity index (χ3v) is 6.11. The van der Waals surface area contributed by atoms with Crippen molar-refractivity contribution < 1.29 is 17.9 Å². The van der Waals surface area contributed by atoms with Crippen LogP contribution < -0.4 is 15.4 Å². The number of aromatic nitrogens is 1. The normalized spacial score (nSPS) is 17.1. The molecule has 1 aromatic carbocycles. The molecule has 2 N–H and O–H groups in total. The highest BCUT2D eigenvalue weighted by molar-refractivity contribution is 7.13. The maximum absolute atomic E-state index is 13.6. The number of nitrogens with zero attached hydrogens (tertiary/aromatic N) is 2. The van der Waals surface area contributed by atoms with E-state index < -0.39 is 11.7 Å².